The van der Waals surface area contributed by atoms with Crippen LogP contribution >= 0.6 is 11.3 Å². The van der Waals surface area contributed by atoms with Gasteiger partial charge in [0.15, 0.2) is 6.04 Å². The van der Waals surface area contributed by atoms with Crippen molar-refractivity contribution in [3.63, 3.8) is 0 Å². The Morgan fingerprint density at radius 3 is 2.52 bits per heavy atom. The number of carboxylic acids is 1. The SMILES string of the molecule is CC(N)c1nc(C(=O)NC(C(=O)O)c2ccccc2)cs1. The van der Waals surface area contributed by atoms with Crippen LogP contribution in [0.4, 0.5) is 0 Å². The molecule has 1 amide bonds. The van der Waals surface area contributed by atoms with Crippen LogP contribution in [0.3, 0.4) is 0 Å². The number of hydrogen-bond donors (Lipinski definition) is 3. The number of carbonyl (C=O) groups excluding carboxylic acids is 1. The van der Waals surface area contributed by atoms with Crippen molar-refractivity contribution >= 4 is 23.2 Å². The van der Waals surface area contributed by atoms with Crippen LogP contribution in [-0.4, -0.2) is 22.0 Å². The molecule has 0 aliphatic rings. The molecule has 21 heavy (non-hydrogen) atoms. The molecule has 0 aliphatic carbocycles. The Balaban J connectivity index is 2.17. The van der Waals surface area contributed by atoms with E-state index >= 15 is 0 Å². The van der Waals surface area contributed by atoms with Crippen LogP contribution in [0.1, 0.15) is 40.1 Å². The number of nitrogens with zero attached hydrogens (tertiary/aromatic N) is 1. The van der Waals surface area contributed by atoms with Gasteiger partial charge in [0.2, 0.25) is 0 Å². The Kier molecular flexibility index (Phi) is 4.66. The Bertz CT molecular complexity index is 640. The minimum absolute atomic E-state index is 0.175. The summed E-state index contributed by atoms with van der Waals surface area (Å²) in [5.74, 6) is -1.66. The van der Waals surface area contributed by atoms with E-state index in [1.807, 2.05) is 0 Å². The summed E-state index contributed by atoms with van der Waals surface area (Å²) < 4.78 is 0. The zero-order chi connectivity index (χ0) is 15.4. The van der Waals surface area contributed by atoms with Gasteiger partial charge in [-0.05, 0) is 12.5 Å². The van der Waals surface area contributed by atoms with Crippen molar-refractivity contribution in [2.75, 3.05) is 0 Å². The molecule has 2 aromatic rings. The minimum atomic E-state index is -1.13. The van der Waals surface area contributed by atoms with E-state index in [9.17, 15) is 14.7 Å². The molecule has 0 bridgehead atoms. The molecule has 0 radical (unpaired) electrons. The minimum Gasteiger partial charge on any atom is -0.479 e. The van der Waals surface area contributed by atoms with Gasteiger partial charge in [-0.15, -0.1) is 11.3 Å². The van der Waals surface area contributed by atoms with Gasteiger partial charge in [-0.3, -0.25) is 4.79 Å². The topological polar surface area (TPSA) is 105 Å². The van der Waals surface area contributed by atoms with Crippen molar-refractivity contribution in [3.05, 3.63) is 52.0 Å². The second kappa shape index (κ2) is 6.47. The van der Waals surface area contributed by atoms with Gasteiger partial charge in [-0.1, -0.05) is 30.3 Å². The molecule has 2 atom stereocenters. The molecule has 0 saturated carbocycles. The molecule has 7 heteroatoms. The fourth-order valence-corrected chi connectivity index (χ4v) is 2.50. The van der Waals surface area contributed by atoms with Crippen LogP contribution in [0.2, 0.25) is 0 Å². The van der Waals surface area contributed by atoms with Crippen molar-refractivity contribution in [3.8, 4) is 0 Å². The smallest absolute Gasteiger partial charge is 0.330 e. The standard InChI is InChI=1S/C14H15N3O3S/c1-8(15)13-16-10(7-21-13)12(18)17-11(14(19)20)9-5-3-2-4-6-9/h2-8,11H,15H2,1H3,(H,17,18)(H,19,20). The lowest BCUT2D eigenvalue weighted by atomic mass is 10.1. The lowest BCUT2D eigenvalue weighted by Crippen LogP contribution is -2.34. The molecule has 2 rings (SSSR count). The van der Waals surface area contributed by atoms with Crippen molar-refractivity contribution in [2.45, 2.75) is 19.0 Å². The first-order valence-corrected chi connectivity index (χ1v) is 7.16. The predicted molar refractivity (Wildman–Crippen MR) is 79.0 cm³/mol. The number of carbonyl (C=O) groups is 2. The van der Waals surface area contributed by atoms with Crippen LogP contribution in [0.25, 0.3) is 0 Å². The van der Waals surface area contributed by atoms with Crippen molar-refractivity contribution < 1.29 is 14.7 Å². The van der Waals surface area contributed by atoms with Gasteiger partial charge < -0.3 is 16.2 Å². The van der Waals surface area contributed by atoms with E-state index in [1.165, 1.54) is 11.3 Å². The first-order valence-electron chi connectivity index (χ1n) is 6.28. The number of nitrogens with two attached hydrogens (primary N) is 1. The Hall–Kier alpha value is -2.25. The molecule has 2 unspecified atom stereocenters. The van der Waals surface area contributed by atoms with Gasteiger partial charge in [0.25, 0.3) is 5.91 Å². The van der Waals surface area contributed by atoms with Gasteiger partial charge in [0.05, 0.1) is 6.04 Å². The van der Waals surface area contributed by atoms with Crippen LogP contribution in [0.15, 0.2) is 35.7 Å². The van der Waals surface area contributed by atoms with Gasteiger partial charge in [-0.25, -0.2) is 9.78 Å². The third-order valence-corrected chi connectivity index (χ3v) is 3.85. The molecule has 0 spiro atoms. The number of rotatable bonds is 5. The van der Waals surface area contributed by atoms with Crippen LogP contribution in [0.5, 0.6) is 0 Å². The highest BCUT2D eigenvalue weighted by molar-refractivity contribution is 7.09. The van der Waals surface area contributed by atoms with Crippen molar-refractivity contribution in [1.29, 1.82) is 0 Å². The molecular formula is C14H15N3O3S. The van der Waals surface area contributed by atoms with Crippen LogP contribution < -0.4 is 11.1 Å². The quantitative estimate of drug-likeness (QED) is 0.780. The average Bonchev–Trinajstić information content (AvgIpc) is 2.95. The molecule has 0 saturated heterocycles. The number of nitrogens with one attached hydrogen (secondary N) is 1. The molecule has 110 valence electrons. The lowest BCUT2D eigenvalue weighted by molar-refractivity contribution is -0.139. The summed E-state index contributed by atoms with van der Waals surface area (Å²) in [6, 6.07) is 7.13. The second-order valence-corrected chi connectivity index (χ2v) is 5.40. The van der Waals surface area contributed by atoms with Gasteiger partial charge in [0, 0.05) is 5.38 Å². The third-order valence-electron chi connectivity index (χ3n) is 2.80. The molecule has 6 nitrogen and oxygen atoms in total. The molecule has 4 N–H and O–H groups in total. The highest BCUT2D eigenvalue weighted by atomic mass is 32.1. The van der Waals surface area contributed by atoms with Crippen LogP contribution in [-0.2, 0) is 4.79 Å². The number of aromatic nitrogens is 1. The largest absolute Gasteiger partial charge is 0.479 e. The fourth-order valence-electron chi connectivity index (χ4n) is 1.74. The Morgan fingerprint density at radius 2 is 2.00 bits per heavy atom. The molecule has 1 heterocycles. The summed E-state index contributed by atoms with van der Waals surface area (Å²) in [6.07, 6.45) is 0. The monoisotopic (exact) mass is 305 g/mol. The van der Waals surface area contributed by atoms with E-state index in [0.29, 0.717) is 10.6 Å². The van der Waals surface area contributed by atoms with E-state index in [4.69, 9.17) is 5.73 Å². The van der Waals surface area contributed by atoms with Gasteiger partial charge in [0.1, 0.15) is 10.7 Å². The summed E-state index contributed by atoms with van der Waals surface area (Å²) in [4.78, 5) is 27.5. The highest BCUT2D eigenvalue weighted by Gasteiger charge is 2.23. The van der Waals surface area contributed by atoms with Gasteiger partial charge >= 0.3 is 5.97 Å². The van der Waals surface area contributed by atoms with Crippen molar-refractivity contribution in [1.82, 2.24) is 10.3 Å². The zero-order valence-electron chi connectivity index (χ0n) is 11.3. The molecule has 0 fully saturated rings. The van der Waals surface area contributed by atoms with E-state index in [1.54, 1.807) is 42.6 Å². The van der Waals surface area contributed by atoms with E-state index in [2.05, 4.69) is 10.3 Å². The van der Waals surface area contributed by atoms with E-state index < -0.39 is 17.9 Å². The zero-order valence-corrected chi connectivity index (χ0v) is 12.1. The maximum atomic E-state index is 12.1. The van der Waals surface area contributed by atoms with E-state index in [0.717, 1.165) is 0 Å². The summed E-state index contributed by atoms with van der Waals surface area (Å²) in [6.45, 7) is 1.77. The van der Waals surface area contributed by atoms with E-state index in [-0.39, 0.29) is 11.7 Å². The summed E-state index contributed by atoms with van der Waals surface area (Å²) in [5, 5.41) is 13.9. The summed E-state index contributed by atoms with van der Waals surface area (Å²) in [7, 11) is 0. The summed E-state index contributed by atoms with van der Waals surface area (Å²) >= 11 is 1.27. The maximum Gasteiger partial charge on any atom is 0.330 e. The first-order chi connectivity index (χ1) is 9.99. The highest BCUT2D eigenvalue weighted by Crippen LogP contribution is 2.18. The Labute approximate surface area is 125 Å². The second-order valence-electron chi connectivity index (χ2n) is 4.52. The third kappa shape index (κ3) is 3.65. The van der Waals surface area contributed by atoms with Gasteiger partial charge in [-0.2, -0.15) is 0 Å². The number of benzene rings is 1. The number of aliphatic carboxylic acids is 1. The number of carboxylic acid groups (broad SMARTS) is 1. The molecular weight excluding hydrogens is 290 g/mol. The number of amides is 1. The number of hydrogen-bond acceptors (Lipinski definition) is 5. The van der Waals surface area contributed by atoms with Crippen LogP contribution in [0, 0.1) is 0 Å². The molecule has 0 aliphatic heterocycles. The molecule has 1 aromatic heterocycles. The fraction of sp³-hybridized carbons (Fsp3) is 0.214. The number of thiazole rings is 1. The first kappa shape index (κ1) is 15.1. The average molecular weight is 305 g/mol. The molecule has 1 aromatic carbocycles. The predicted octanol–water partition coefficient (Wildman–Crippen LogP) is 1.72. The normalized spacial score (nSPS) is 13.4. The Morgan fingerprint density at radius 1 is 1.33 bits per heavy atom. The van der Waals surface area contributed by atoms with Crippen molar-refractivity contribution in [2.24, 2.45) is 5.73 Å². The lowest BCUT2D eigenvalue weighted by Gasteiger charge is -2.13. The maximum absolute atomic E-state index is 12.1. The summed E-state index contributed by atoms with van der Waals surface area (Å²) in [5.41, 5.74) is 6.37.